The molecule has 10 aromatic rings. The molecule has 0 amide bonds. The Balaban J connectivity index is 1.24. The van der Waals surface area contributed by atoms with Gasteiger partial charge < -0.3 is 13.7 Å². The minimum atomic E-state index is -0.807. The van der Waals surface area contributed by atoms with Crippen LogP contribution in [0.4, 0.5) is 17.1 Å². The molecule has 2 heterocycles. The van der Waals surface area contributed by atoms with E-state index in [4.69, 9.17) is 19.8 Å². The number of rotatable bonds is 5. The largest absolute Gasteiger partial charge is 0.456 e. The summed E-state index contributed by atoms with van der Waals surface area (Å²) in [6.07, 6.45) is 0. The average molecular weight is 643 g/mol. The van der Waals surface area contributed by atoms with E-state index in [0.29, 0.717) is 33.7 Å². The molecule has 3 heteroatoms. The van der Waals surface area contributed by atoms with Crippen molar-refractivity contribution in [2.45, 2.75) is 0 Å². The Morgan fingerprint density at radius 1 is 0.408 bits per heavy atom. The number of furan rings is 2. The van der Waals surface area contributed by atoms with Gasteiger partial charge in [0.15, 0.2) is 0 Å². The molecule has 2 aromatic heterocycles. The third kappa shape index (κ3) is 4.59. The Hall–Kier alpha value is -6.58. The van der Waals surface area contributed by atoms with Crippen LogP contribution in [-0.4, -0.2) is 0 Å². The second kappa shape index (κ2) is 11.0. The Labute approximate surface area is 303 Å². The molecule has 0 saturated carbocycles. The van der Waals surface area contributed by atoms with Gasteiger partial charge in [-0.2, -0.15) is 0 Å². The van der Waals surface area contributed by atoms with Gasteiger partial charge in [0.25, 0.3) is 0 Å². The SMILES string of the molecule is [2H]c1c([2H])c([2H])c(-c2c([2H])c([2H])c([2H])c3c([2H])c(-c4c([2H])c([2H])c(N(c5ccc6c(c5)oc5ccccc56)c5ccc6c(c5)oc5ccccc56)c([2H])c4[2H])c([2H])c([2H])c23)c([2H])c1[2H]. The summed E-state index contributed by atoms with van der Waals surface area (Å²) in [5.74, 6) is 0. The van der Waals surface area contributed by atoms with E-state index in [9.17, 15) is 9.60 Å². The summed E-state index contributed by atoms with van der Waals surface area (Å²) in [5.41, 5.74) is 0.590. The number of para-hydroxylation sites is 2. The maximum Gasteiger partial charge on any atom is 0.137 e. The predicted octanol–water partition coefficient (Wildman–Crippen LogP) is 13.4. The highest BCUT2D eigenvalue weighted by Crippen LogP contribution is 2.41. The van der Waals surface area contributed by atoms with Crippen LogP contribution in [0.15, 0.2) is 184 Å². The predicted molar refractivity (Wildman–Crippen MR) is 204 cm³/mol. The lowest BCUT2D eigenvalue weighted by Crippen LogP contribution is -2.09. The normalized spacial score (nSPS) is 16.0. The van der Waals surface area contributed by atoms with E-state index in [-0.39, 0.29) is 5.69 Å². The lowest BCUT2D eigenvalue weighted by Gasteiger charge is -2.25. The van der Waals surface area contributed by atoms with Crippen molar-refractivity contribution in [1.82, 2.24) is 0 Å². The fraction of sp³-hybridized carbons (Fsp3) is 0. The molecule has 0 atom stereocenters. The lowest BCUT2D eigenvalue weighted by atomic mass is 9.95. The summed E-state index contributed by atoms with van der Waals surface area (Å²) in [7, 11) is 0. The van der Waals surface area contributed by atoms with Crippen LogP contribution in [0, 0.1) is 0 Å². The highest BCUT2D eigenvalue weighted by molar-refractivity contribution is 6.08. The molecule has 0 spiro atoms. The zero-order valence-corrected chi connectivity index (χ0v) is 25.3. The molecule has 0 bridgehead atoms. The van der Waals surface area contributed by atoms with Crippen LogP contribution in [0.5, 0.6) is 0 Å². The third-order valence-electron chi connectivity index (χ3n) is 8.51. The molecular formula is C46H29NO2. The van der Waals surface area contributed by atoms with Crippen molar-refractivity contribution in [2.75, 3.05) is 4.90 Å². The minimum Gasteiger partial charge on any atom is -0.456 e. The van der Waals surface area contributed by atoms with Gasteiger partial charge >= 0.3 is 0 Å². The van der Waals surface area contributed by atoms with Crippen molar-refractivity contribution in [2.24, 2.45) is 0 Å². The van der Waals surface area contributed by atoms with Crippen LogP contribution in [0.3, 0.4) is 0 Å². The second-order valence-electron chi connectivity index (χ2n) is 11.4. The highest BCUT2D eigenvalue weighted by atomic mass is 16.3. The van der Waals surface area contributed by atoms with E-state index in [0.717, 1.165) is 21.5 Å². The van der Waals surface area contributed by atoms with Crippen molar-refractivity contribution < 1.29 is 29.4 Å². The Morgan fingerprint density at radius 3 is 1.65 bits per heavy atom. The molecular weight excluding hydrogens is 599 g/mol. The van der Waals surface area contributed by atoms with Gasteiger partial charge in [0.2, 0.25) is 0 Å². The maximum absolute atomic E-state index is 9.53. The third-order valence-corrected chi connectivity index (χ3v) is 8.51. The zero-order chi connectivity index (χ0) is 45.4. The monoisotopic (exact) mass is 642 g/mol. The van der Waals surface area contributed by atoms with E-state index in [1.165, 1.54) is 4.90 Å². The van der Waals surface area contributed by atoms with Crippen molar-refractivity contribution in [1.29, 1.82) is 0 Å². The molecule has 230 valence electrons. The van der Waals surface area contributed by atoms with Crippen molar-refractivity contribution in [3.05, 3.63) is 176 Å². The Bertz CT molecular complexity index is 3540. The van der Waals surface area contributed by atoms with Crippen LogP contribution >= 0.6 is 0 Å². The highest BCUT2D eigenvalue weighted by Gasteiger charge is 2.18. The van der Waals surface area contributed by atoms with E-state index in [1.807, 2.05) is 60.7 Å². The van der Waals surface area contributed by atoms with E-state index >= 15 is 0 Å². The molecule has 0 aliphatic carbocycles. The first-order valence-corrected chi connectivity index (χ1v) is 15.4. The minimum absolute atomic E-state index is 0.216. The summed E-state index contributed by atoms with van der Waals surface area (Å²) in [5, 5.41) is 2.33. The standard InChI is InChI=1S/C46H29NO2/c1-2-9-31(10-3-1)37-14-8-11-33-27-32(19-24-38(33)37)30-17-20-34(21-18-30)47(35-22-25-41-39-12-4-6-15-43(39)48-45(41)28-35)36-23-26-42-40-13-5-7-16-44(40)49-46(42)29-36/h1-29H/i1D,2D,3D,8D,9D,10D,11D,14D,17D,18D,19D,20D,21D,24D,27D. The van der Waals surface area contributed by atoms with Gasteiger partial charge in [-0.15, -0.1) is 0 Å². The fourth-order valence-corrected chi connectivity index (χ4v) is 6.25. The van der Waals surface area contributed by atoms with Gasteiger partial charge in [-0.3, -0.25) is 0 Å². The van der Waals surface area contributed by atoms with E-state index in [2.05, 4.69) is 0 Å². The molecule has 0 saturated heterocycles. The number of anilines is 3. The number of hydrogen-bond acceptors (Lipinski definition) is 3. The van der Waals surface area contributed by atoms with Crippen LogP contribution in [0.1, 0.15) is 20.6 Å². The Kier molecular flexibility index (Phi) is 3.70. The summed E-state index contributed by atoms with van der Waals surface area (Å²) >= 11 is 0. The van der Waals surface area contributed by atoms with Gasteiger partial charge in [-0.1, -0.05) is 109 Å². The molecule has 0 aliphatic heterocycles. The van der Waals surface area contributed by atoms with Crippen molar-refractivity contribution >= 4 is 71.7 Å². The molecule has 8 aromatic carbocycles. The van der Waals surface area contributed by atoms with E-state index < -0.39 is 124 Å². The number of fused-ring (bicyclic) bond motifs is 7. The molecule has 3 nitrogen and oxygen atoms in total. The lowest BCUT2D eigenvalue weighted by molar-refractivity contribution is 0.669. The Morgan fingerprint density at radius 2 is 1.00 bits per heavy atom. The smallest absolute Gasteiger partial charge is 0.137 e. The molecule has 49 heavy (non-hydrogen) atoms. The summed E-state index contributed by atoms with van der Waals surface area (Å²) in [6.45, 7) is 0. The van der Waals surface area contributed by atoms with Crippen LogP contribution in [0.2, 0.25) is 0 Å². The van der Waals surface area contributed by atoms with E-state index in [1.54, 1.807) is 24.3 Å². The topological polar surface area (TPSA) is 29.5 Å². The summed E-state index contributed by atoms with van der Waals surface area (Å²) in [4.78, 5) is 1.53. The first-order chi connectivity index (χ1) is 30.5. The fourth-order valence-electron chi connectivity index (χ4n) is 6.25. The number of benzene rings is 8. The van der Waals surface area contributed by atoms with Crippen LogP contribution in [0.25, 0.3) is 76.9 Å². The maximum atomic E-state index is 9.53. The molecule has 10 rings (SSSR count). The van der Waals surface area contributed by atoms with Crippen LogP contribution in [-0.2, 0) is 0 Å². The second-order valence-corrected chi connectivity index (χ2v) is 11.4. The molecule has 0 fully saturated rings. The molecule has 0 radical (unpaired) electrons. The van der Waals surface area contributed by atoms with Gasteiger partial charge in [-0.25, -0.2) is 0 Å². The van der Waals surface area contributed by atoms with Gasteiger partial charge in [0.1, 0.15) is 22.3 Å². The molecule has 0 aliphatic rings. The summed E-state index contributed by atoms with van der Waals surface area (Å²) in [6, 6.07) is 14.5. The quantitative estimate of drug-likeness (QED) is 0.187. The van der Waals surface area contributed by atoms with Gasteiger partial charge in [0, 0.05) is 50.7 Å². The van der Waals surface area contributed by atoms with Crippen LogP contribution < -0.4 is 4.90 Å². The number of hydrogen-bond donors (Lipinski definition) is 0. The zero-order valence-electron chi connectivity index (χ0n) is 40.3. The molecule has 0 N–H and O–H groups in total. The first kappa shape index (κ1) is 16.5. The first-order valence-electron chi connectivity index (χ1n) is 22.9. The number of nitrogens with zero attached hydrogens (tertiary/aromatic N) is 1. The molecule has 0 unspecified atom stereocenters. The average Bonchev–Trinajstić information content (AvgIpc) is 3.86. The van der Waals surface area contributed by atoms with Crippen molar-refractivity contribution in [3.8, 4) is 22.3 Å². The van der Waals surface area contributed by atoms with Gasteiger partial charge in [-0.05, 0) is 87.6 Å². The summed E-state index contributed by atoms with van der Waals surface area (Å²) < 4.78 is 146. The van der Waals surface area contributed by atoms with Gasteiger partial charge in [0.05, 0.1) is 20.6 Å². The van der Waals surface area contributed by atoms with Crippen molar-refractivity contribution in [3.63, 3.8) is 0 Å².